The van der Waals surface area contributed by atoms with Crippen LogP contribution in [0, 0.1) is 0 Å². The summed E-state index contributed by atoms with van der Waals surface area (Å²) in [6, 6.07) is -0.157. The number of hydrogen-bond donors (Lipinski definition) is 4. The summed E-state index contributed by atoms with van der Waals surface area (Å²) in [4.78, 5) is 9.96. The number of carbonyl (C=O) groups excluding carboxylic acids is 1. The highest BCUT2D eigenvalue weighted by molar-refractivity contribution is 7.80. The monoisotopic (exact) mass is 164 g/mol. The fourth-order valence-electron chi connectivity index (χ4n) is 0.125. The zero-order valence-corrected chi connectivity index (χ0v) is 6.79. The lowest BCUT2D eigenvalue weighted by molar-refractivity contribution is 0.245. The molecule has 6 N–H and O–H groups in total. The van der Waals surface area contributed by atoms with Crippen molar-refractivity contribution in [1.82, 2.24) is 10.6 Å². The SMILES string of the molecule is CNC(=O)NC.NC(N)=S. The van der Waals surface area contributed by atoms with Crippen LogP contribution in [0.15, 0.2) is 0 Å². The smallest absolute Gasteiger partial charge is 0.314 e. The maximum absolute atomic E-state index is 9.96. The van der Waals surface area contributed by atoms with Crippen LogP contribution in [-0.4, -0.2) is 25.2 Å². The van der Waals surface area contributed by atoms with Crippen LogP contribution in [0.1, 0.15) is 0 Å². The van der Waals surface area contributed by atoms with Gasteiger partial charge < -0.3 is 22.1 Å². The van der Waals surface area contributed by atoms with Gasteiger partial charge in [0.05, 0.1) is 0 Å². The van der Waals surface area contributed by atoms with Crippen molar-refractivity contribution in [2.24, 2.45) is 11.5 Å². The molecule has 0 aliphatic rings. The molecule has 0 atom stereocenters. The first-order valence-corrected chi connectivity index (χ1v) is 2.89. The average Bonchev–Trinajstić information content (AvgIpc) is 1.85. The Morgan fingerprint density at radius 2 is 1.50 bits per heavy atom. The highest BCUT2D eigenvalue weighted by Gasteiger charge is 1.81. The molecule has 0 fully saturated rings. The lowest BCUT2D eigenvalue weighted by atomic mass is 11.0. The number of thiocarbonyl (C=S) groups is 1. The van der Waals surface area contributed by atoms with E-state index in [1.807, 2.05) is 0 Å². The van der Waals surface area contributed by atoms with Crippen LogP contribution in [0.2, 0.25) is 0 Å². The van der Waals surface area contributed by atoms with E-state index in [9.17, 15) is 4.79 Å². The fraction of sp³-hybridized carbons (Fsp3) is 0.500. The van der Waals surface area contributed by atoms with Crippen LogP contribution in [0.25, 0.3) is 0 Å². The molecule has 0 unspecified atom stereocenters. The van der Waals surface area contributed by atoms with Gasteiger partial charge in [0, 0.05) is 14.1 Å². The molecule has 0 aromatic rings. The molecule has 0 heterocycles. The highest BCUT2D eigenvalue weighted by Crippen LogP contribution is 1.48. The van der Waals surface area contributed by atoms with Crippen LogP contribution < -0.4 is 22.1 Å². The summed E-state index contributed by atoms with van der Waals surface area (Å²) >= 11 is 4.09. The maximum atomic E-state index is 9.96. The van der Waals surface area contributed by atoms with Gasteiger partial charge in [0.25, 0.3) is 0 Å². The molecule has 10 heavy (non-hydrogen) atoms. The van der Waals surface area contributed by atoms with Gasteiger partial charge in [0.15, 0.2) is 5.11 Å². The maximum Gasteiger partial charge on any atom is 0.314 e. The quantitative estimate of drug-likeness (QED) is 0.336. The summed E-state index contributed by atoms with van der Waals surface area (Å²) in [5.74, 6) is 0. The third-order valence-electron chi connectivity index (χ3n) is 0.454. The van der Waals surface area contributed by atoms with E-state index >= 15 is 0 Å². The number of urea groups is 1. The van der Waals surface area contributed by atoms with Crippen molar-refractivity contribution in [3.8, 4) is 0 Å². The minimum Gasteiger partial charge on any atom is -0.377 e. The minimum atomic E-state index is -0.157. The van der Waals surface area contributed by atoms with Gasteiger partial charge >= 0.3 is 6.03 Å². The first-order chi connectivity index (χ1) is 4.54. The Morgan fingerprint density at radius 3 is 1.50 bits per heavy atom. The number of amides is 2. The Kier molecular flexibility index (Phi) is 9.33. The van der Waals surface area contributed by atoms with Crippen molar-refractivity contribution in [3.05, 3.63) is 0 Å². The molecule has 0 saturated heterocycles. The normalized spacial score (nSPS) is 6.60. The van der Waals surface area contributed by atoms with E-state index in [1.54, 1.807) is 14.1 Å². The first kappa shape index (κ1) is 11.7. The molecule has 0 radical (unpaired) electrons. The van der Waals surface area contributed by atoms with E-state index in [4.69, 9.17) is 0 Å². The van der Waals surface area contributed by atoms with E-state index < -0.39 is 0 Å². The van der Waals surface area contributed by atoms with Crippen molar-refractivity contribution >= 4 is 23.4 Å². The van der Waals surface area contributed by atoms with Crippen LogP contribution in [-0.2, 0) is 0 Å². The van der Waals surface area contributed by atoms with E-state index in [2.05, 4.69) is 34.3 Å². The zero-order chi connectivity index (χ0) is 8.57. The highest BCUT2D eigenvalue weighted by atomic mass is 32.1. The Bertz CT molecular complexity index is 106. The molecule has 0 aromatic carbocycles. The Morgan fingerprint density at radius 1 is 1.30 bits per heavy atom. The zero-order valence-electron chi connectivity index (χ0n) is 5.97. The van der Waals surface area contributed by atoms with Crippen LogP contribution >= 0.6 is 12.2 Å². The molecule has 0 bridgehead atoms. The molecule has 0 aliphatic carbocycles. The third-order valence-corrected chi connectivity index (χ3v) is 0.454. The predicted molar refractivity (Wildman–Crippen MR) is 44.5 cm³/mol. The van der Waals surface area contributed by atoms with Gasteiger partial charge in [-0.3, -0.25) is 0 Å². The van der Waals surface area contributed by atoms with Crippen molar-refractivity contribution in [3.63, 3.8) is 0 Å². The number of nitrogens with two attached hydrogens (primary N) is 2. The van der Waals surface area contributed by atoms with Gasteiger partial charge in [-0.15, -0.1) is 0 Å². The minimum absolute atomic E-state index is 0.000000000000000222. The molecule has 0 spiro atoms. The summed E-state index contributed by atoms with van der Waals surface area (Å²) in [6.45, 7) is 0. The Hall–Kier alpha value is -1.04. The van der Waals surface area contributed by atoms with Crippen LogP contribution in [0.5, 0.6) is 0 Å². The summed E-state index contributed by atoms with van der Waals surface area (Å²) in [7, 11) is 3.14. The molecule has 0 aliphatic heterocycles. The number of rotatable bonds is 0. The van der Waals surface area contributed by atoms with Crippen LogP contribution in [0.3, 0.4) is 0 Å². The standard InChI is InChI=1S/C3H8N2O.CH4N2S/c1-4-3(6)5-2;2-1(3)4/h1-2H3,(H2,4,5,6);(H4,2,3,4). The molecular weight excluding hydrogens is 152 g/mol. The summed E-state index contributed by atoms with van der Waals surface area (Å²) in [5.41, 5.74) is 9.24. The second kappa shape index (κ2) is 7.96. The Balaban J connectivity index is 0. The largest absolute Gasteiger partial charge is 0.377 e. The number of carbonyl (C=O) groups is 1. The van der Waals surface area contributed by atoms with Gasteiger partial charge in [-0.25, -0.2) is 4.79 Å². The topological polar surface area (TPSA) is 93.2 Å². The van der Waals surface area contributed by atoms with Gasteiger partial charge in [-0.1, -0.05) is 0 Å². The lowest BCUT2D eigenvalue weighted by Gasteiger charge is -1.91. The number of hydrogen-bond acceptors (Lipinski definition) is 2. The van der Waals surface area contributed by atoms with Gasteiger partial charge in [-0.2, -0.15) is 0 Å². The van der Waals surface area contributed by atoms with Crippen molar-refractivity contribution in [1.29, 1.82) is 0 Å². The second-order valence-electron chi connectivity index (χ2n) is 1.23. The van der Waals surface area contributed by atoms with Crippen molar-refractivity contribution in [2.75, 3.05) is 14.1 Å². The average molecular weight is 164 g/mol. The summed E-state index contributed by atoms with van der Waals surface area (Å²) < 4.78 is 0. The van der Waals surface area contributed by atoms with Crippen molar-refractivity contribution < 1.29 is 4.79 Å². The Labute approximate surface area is 65.1 Å². The molecule has 6 heteroatoms. The van der Waals surface area contributed by atoms with Gasteiger partial charge in [-0.05, 0) is 12.2 Å². The predicted octanol–water partition coefficient (Wildman–Crippen LogP) is -1.27. The molecule has 0 saturated carbocycles. The molecule has 5 nitrogen and oxygen atoms in total. The lowest BCUT2D eigenvalue weighted by Crippen LogP contribution is -2.28. The summed E-state index contributed by atoms with van der Waals surface area (Å²) in [5, 5.41) is 4.73. The van der Waals surface area contributed by atoms with Gasteiger partial charge in [0.2, 0.25) is 0 Å². The van der Waals surface area contributed by atoms with Crippen LogP contribution in [0.4, 0.5) is 4.79 Å². The molecule has 0 rings (SSSR count). The van der Waals surface area contributed by atoms with E-state index in [0.29, 0.717) is 0 Å². The number of nitrogens with one attached hydrogen (secondary N) is 2. The molecule has 60 valence electrons. The fourth-order valence-corrected chi connectivity index (χ4v) is 0.125. The van der Waals surface area contributed by atoms with Crippen molar-refractivity contribution in [2.45, 2.75) is 0 Å². The molecule has 2 amide bonds. The third kappa shape index (κ3) is 28.2. The summed E-state index contributed by atoms with van der Waals surface area (Å²) in [6.07, 6.45) is 0. The molecular formula is C4H12N4OS. The van der Waals surface area contributed by atoms with E-state index in [-0.39, 0.29) is 11.1 Å². The van der Waals surface area contributed by atoms with Gasteiger partial charge in [0.1, 0.15) is 0 Å². The molecule has 0 aromatic heterocycles. The van der Waals surface area contributed by atoms with E-state index in [0.717, 1.165) is 0 Å². The van der Waals surface area contributed by atoms with E-state index in [1.165, 1.54) is 0 Å². The first-order valence-electron chi connectivity index (χ1n) is 2.49. The second-order valence-corrected chi connectivity index (χ2v) is 1.70.